The monoisotopic (exact) mass is 637 g/mol. The molecule has 252 valence electrons. The fraction of sp³-hybridized carbons (Fsp3) is 0.600. The Hall–Kier alpha value is -3.70. The van der Waals surface area contributed by atoms with E-state index in [-0.39, 0.29) is 55.2 Å². The molecule has 46 heavy (non-hydrogen) atoms. The van der Waals surface area contributed by atoms with Gasteiger partial charge in [0.15, 0.2) is 0 Å². The van der Waals surface area contributed by atoms with Crippen molar-refractivity contribution in [3.8, 4) is 5.75 Å². The van der Waals surface area contributed by atoms with Gasteiger partial charge in [-0.1, -0.05) is 26.2 Å². The van der Waals surface area contributed by atoms with Gasteiger partial charge in [-0.15, -0.1) is 0 Å². The van der Waals surface area contributed by atoms with Crippen molar-refractivity contribution in [3.63, 3.8) is 0 Å². The summed E-state index contributed by atoms with van der Waals surface area (Å²) in [5.41, 5.74) is 1.19. The molecule has 0 radical (unpaired) electrons. The number of rotatable bonds is 7. The maximum Gasteiger partial charge on any atom is 0.317 e. The lowest BCUT2D eigenvalue weighted by molar-refractivity contribution is -0.0123. The standard InChI is InChI=1S/C35H51N5O6/c1-24-21-40(25(2)23-41)34(43)30-20-29(37-33(42)27-15-17-36-18-16-27)13-14-31(30)46-26(3)10-8-9-19-45-32(24)22-39(4)35(44)38-28-11-6-5-7-12-28/h13-18,20,24-26,28,32,41H,5-12,19,21-23H2,1-4H3,(H,37,42)(H,38,44)/t24-,25-,26-,32+/m0/s1. The number of carbonyl (C=O) groups excluding carboxylic acids is 3. The largest absolute Gasteiger partial charge is 0.490 e. The third kappa shape index (κ3) is 9.90. The quantitative estimate of drug-likeness (QED) is 0.385. The summed E-state index contributed by atoms with van der Waals surface area (Å²) in [5, 5.41) is 16.3. The Bertz CT molecular complexity index is 1290. The fourth-order valence-corrected chi connectivity index (χ4v) is 6.05. The summed E-state index contributed by atoms with van der Waals surface area (Å²) in [5.74, 6) is -0.388. The number of nitrogens with one attached hydrogen (secondary N) is 2. The normalized spacial score (nSPS) is 22.5. The number of anilines is 1. The number of likely N-dealkylation sites (N-methyl/N-ethyl adjacent to an activating group) is 1. The number of amides is 4. The van der Waals surface area contributed by atoms with Gasteiger partial charge in [-0.05, 0) is 76.3 Å². The Kier molecular flexibility index (Phi) is 13.2. The van der Waals surface area contributed by atoms with Gasteiger partial charge in [0, 0.05) is 62.3 Å². The number of benzene rings is 1. The van der Waals surface area contributed by atoms with Gasteiger partial charge in [-0.2, -0.15) is 0 Å². The summed E-state index contributed by atoms with van der Waals surface area (Å²) >= 11 is 0. The van der Waals surface area contributed by atoms with Gasteiger partial charge in [0.25, 0.3) is 11.8 Å². The highest BCUT2D eigenvalue weighted by Gasteiger charge is 2.31. The maximum absolute atomic E-state index is 14.3. The molecule has 1 aliphatic heterocycles. The molecule has 1 saturated carbocycles. The average molecular weight is 638 g/mol. The van der Waals surface area contributed by atoms with Gasteiger partial charge in [0.2, 0.25) is 0 Å². The molecule has 1 aromatic heterocycles. The molecule has 1 fully saturated rings. The smallest absolute Gasteiger partial charge is 0.317 e. The number of fused-ring (bicyclic) bond motifs is 1. The Labute approximate surface area is 273 Å². The molecule has 2 aromatic rings. The number of urea groups is 1. The van der Waals surface area contributed by atoms with Crippen molar-refractivity contribution in [3.05, 3.63) is 53.9 Å². The van der Waals surface area contributed by atoms with E-state index in [1.807, 2.05) is 13.8 Å². The summed E-state index contributed by atoms with van der Waals surface area (Å²) in [6.07, 6.45) is 10.6. The predicted molar refractivity (Wildman–Crippen MR) is 177 cm³/mol. The van der Waals surface area contributed by atoms with Crippen LogP contribution in [-0.2, 0) is 4.74 Å². The van der Waals surface area contributed by atoms with Crippen molar-refractivity contribution >= 4 is 23.5 Å². The number of aliphatic hydroxyl groups is 1. The molecular formula is C35H51N5O6. The van der Waals surface area contributed by atoms with E-state index in [4.69, 9.17) is 9.47 Å². The Morgan fingerprint density at radius 1 is 1.07 bits per heavy atom. The molecule has 4 atom stereocenters. The van der Waals surface area contributed by atoms with E-state index in [2.05, 4.69) is 15.6 Å². The molecule has 4 amide bonds. The Morgan fingerprint density at radius 2 is 1.78 bits per heavy atom. The summed E-state index contributed by atoms with van der Waals surface area (Å²) in [6, 6.07) is 7.90. The number of hydrogen-bond acceptors (Lipinski definition) is 7. The van der Waals surface area contributed by atoms with Gasteiger partial charge in [-0.3, -0.25) is 14.6 Å². The number of aliphatic hydroxyl groups excluding tert-OH is 1. The van der Waals surface area contributed by atoms with E-state index in [0.29, 0.717) is 35.7 Å². The van der Waals surface area contributed by atoms with Crippen LogP contribution in [0.15, 0.2) is 42.7 Å². The van der Waals surface area contributed by atoms with Crippen molar-refractivity contribution in [1.82, 2.24) is 20.1 Å². The molecule has 3 N–H and O–H groups in total. The second-order valence-corrected chi connectivity index (χ2v) is 12.9. The van der Waals surface area contributed by atoms with E-state index in [1.165, 1.54) is 6.42 Å². The summed E-state index contributed by atoms with van der Waals surface area (Å²) in [4.78, 5) is 47.6. The fourth-order valence-electron chi connectivity index (χ4n) is 6.05. The van der Waals surface area contributed by atoms with Crippen molar-refractivity contribution in [1.29, 1.82) is 0 Å². The zero-order chi connectivity index (χ0) is 33.1. The SMILES string of the molecule is C[C@H]1CCCCO[C@H](CN(C)C(=O)NC2CCCCC2)[C@@H](C)CN([C@@H](C)CO)C(=O)c2cc(NC(=O)c3ccncc3)ccc2O1. The van der Waals surface area contributed by atoms with Gasteiger partial charge in [0.1, 0.15) is 5.75 Å². The van der Waals surface area contributed by atoms with Crippen LogP contribution in [0.3, 0.4) is 0 Å². The van der Waals surface area contributed by atoms with E-state index < -0.39 is 6.04 Å². The predicted octanol–water partition coefficient (Wildman–Crippen LogP) is 5.10. The molecule has 2 heterocycles. The van der Waals surface area contributed by atoms with Crippen LogP contribution in [-0.4, -0.2) is 95.4 Å². The first-order valence-electron chi connectivity index (χ1n) is 16.7. The Balaban J connectivity index is 1.58. The van der Waals surface area contributed by atoms with Gasteiger partial charge < -0.3 is 35.0 Å². The van der Waals surface area contributed by atoms with Crippen molar-refractivity contribution in [2.75, 3.05) is 38.7 Å². The molecule has 1 aromatic carbocycles. The number of ether oxygens (including phenoxy) is 2. The first-order valence-corrected chi connectivity index (χ1v) is 16.7. The van der Waals surface area contributed by atoms with E-state index >= 15 is 0 Å². The molecule has 0 saturated heterocycles. The van der Waals surface area contributed by atoms with E-state index in [0.717, 1.165) is 44.9 Å². The summed E-state index contributed by atoms with van der Waals surface area (Å²) in [7, 11) is 1.79. The molecule has 2 aliphatic rings. The molecule has 0 spiro atoms. The number of carbonyl (C=O) groups is 3. The molecule has 0 unspecified atom stereocenters. The zero-order valence-corrected chi connectivity index (χ0v) is 27.7. The summed E-state index contributed by atoms with van der Waals surface area (Å²) < 4.78 is 12.7. The highest BCUT2D eigenvalue weighted by Crippen LogP contribution is 2.29. The van der Waals surface area contributed by atoms with Crippen LogP contribution in [0, 0.1) is 5.92 Å². The second kappa shape index (κ2) is 17.3. The second-order valence-electron chi connectivity index (χ2n) is 12.9. The van der Waals surface area contributed by atoms with Crippen LogP contribution < -0.4 is 15.4 Å². The third-order valence-corrected chi connectivity index (χ3v) is 8.99. The first kappa shape index (κ1) is 35.2. The van der Waals surface area contributed by atoms with Gasteiger partial charge in [-0.25, -0.2) is 4.79 Å². The van der Waals surface area contributed by atoms with Crippen molar-refractivity contribution < 1.29 is 29.0 Å². The lowest BCUT2D eigenvalue weighted by atomic mass is 9.96. The molecule has 11 nitrogen and oxygen atoms in total. The van der Waals surface area contributed by atoms with Crippen LogP contribution in [0.5, 0.6) is 5.75 Å². The molecule has 1 aliphatic carbocycles. The molecule has 4 rings (SSSR count). The zero-order valence-electron chi connectivity index (χ0n) is 27.7. The minimum absolute atomic E-state index is 0.111. The maximum atomic E-state index is 14.3. The number of hydrogen-bond donors (Lipinski definition) is 3. The number of nitrogens with zero attached hydrogens (tertiary/aromatic N) is 3. The number of pyridine rings is 1. The Morgan fingerprint density at radius 3 is 2.50 bits per heavy atom. The summed E-state index contributed by atoms with van der Waals surface area (Å²) in [6.45, 7) is 6.73. The average Bonchev–Trinajstić information content (AvgIpc) is 3.06. The number of aromatic nitrogens is 1. The minimum Gasteiger partial charge on any atom is -0.490 e. The highest BCUT2D eigenvalue weighted by atomic mass is 16.5. The third-order valence-electron chi connectivity index (χ3n) is 8.99. The van der Waals surface area contributed by atoms with Crippen molar-refractivity contribution in [2.24, 2.45) is 5.92 Å². The van der Waals surface area contributed by atoms with Gasteiger partial charge in [0.05, 0.1) is 30.4 Å². The highest BCUT2D eigenvalue weighted by molar-refractivity contribution is 6.05. The molecule has 0 bridgehead atoms. The van der Waals surface area contributed by atoms with Crippen molar-refractivity contribution in [2.45, 2.75) is 96.4 Å². The van der Waals surface area contributed by atoms with Gasteiger partial charge >= 0.3 is 6.03 Å². The molecular weight excluding hydrogens is 586 g/mol. The van der Waals surface area contributed by atoms with Crippen LogP contribution in [0.2, 0.25) is 0 Å². The van der Waals surface area contributed by atoms with Crippen LogP contribution in [0.4, 0.5) is 10.5 Å². The lowest BCUT2D eigenvalue weighted by Gasteiger charge is -2.36. The van der Waals surface area contributed by atoms with E-state index in [9.17, 15) is 19.5 Å². The first-order chi connectivity index (χ1) is 22.2. The van der Waals surface area contributed by atoms with E-state index in [1.54, 1.807) is 66.5 Å². The van der Waals surface area contributed by atoms with Crippen LogP contribution in [0.1, 0.15) is 92.9 Å². The lowest BCUT2D eigenvalue weighted by Crippen LogP contribution is -2.50. The van der Waals surface area contributed by atoms with Crippen LogP contribution >= 0.6 is 0 Å². The minimum atomic E-state index is -0.504. The molecule has 11 heteroatoms. The topological polar surface area (TPSA) is 133 Å². The van der Waals surface area contributed by atoms with Crippen LogP contribution in [0.25, 0.3) is 0 Å².